The number of hydrogen-bond acceptors (Lipinski definition) is 5. The molecule has 25 heavy (non-hydrogen) atoms. The molecule has 0 unspecified atom stereocenters. The third kappa shape index (κ3) is 5.93. The largest absolute Gasteiger partial charge is 0.339 e. The average molecular weight is 391 g/mol. The van der Waals surface area contributed by atoms with Gasteiger partial charge in [0.1, 0.15) is 0 Å². The van der Waals surface area contributed by atoms with Crippen LogP contribution in [-0.4, -0.2) is 82.3 Å². The number of benzene rings is 1. The summed E-state index contributed by atoms with van der Waals surface area (Å²) in [6.07, 6.45) is 0. The molecule has 0 radical (unpaired) electrons. The van der Waals surface area contributed by atoms with Crippen LogP contribution in [0.1, 0.15) is 5.56 Å². The summed E-state index contributed by atoms with van der Waals surface area (Å²) in [6, 6.07) is 6.80. The van der Waals surface area contributed by atoms with E-state index in [1.54, 1.807) is 29.2 Å². The molecule has 0 atom stereocenters. The van der Waals surface area contributed by atoms with Crippen molar-refractivity contribution in [2.75, 3.05) is 53.9 Å². The number of hydrogen-bond donors (Lipinski definition) is 1. The first kappa shape index (κ1) is 21.9. The van der Waals surface area contributed by atoms with E-state index >= 15 is 0 Å². The van der Waals surface area contributed by atoms with Gasteiger partial charge in [-0.1, -0.05) is 12.1 Å². The smallest absolute Gasteiger partial charge is 0.243 e. The van der Waals surface area contributed by atoms with E-state index in [9.17, 15) is 13.2 Å². The first-order valence-corrected chi connectivity index (χ1v) is 9.43. The zero-order valence-electron chi connectivity index (χ0n) is 14.9. The van der Waals surface area contributed by atoms with Crippen molar-refractivity contribution >= 4 is 28.3 Å². The Morgan fingerprint density at radius 3 is 2.20 bits per heavy atom. The molecule has 9 heteroatoms. The van der Waals surface area contributed by atoms with E-state index in [1.807, 2.05) is 19.0 Å². The summed E-state index contributed by atoms with van der Waals surface area (Å²) in [5.74, 6) is -0.160. The number of nitrogens with zero attached hydrogens (tertiary/aromatic N) is 3. The summed E-state index contributed by atoms with van der Waals surface area (Å²) in [4.78, 5) is 16.2. The van der Waals surface area contributed by atoms with Crippen molar-refractivity contribution in [1.82, 2.24) is 19.4 Å². The highest BCUT2D eigenvalue weighted by Crippen LogP contribution is 2.16. The highest BCUT2D eigenvalue weighted by molar-refractivity contribution is 7.89. The van der Waals surface area contributed by atoms with Gasteiger partial charge in [0.15, 0.2) is 0 Å². The van der Waals surface area contributed by atoms with E-state index in [1.165, 1.54) is 7.05 Å². The minimum atomic E-state index is -3.66. The summed E-state index contributed by atoms with van der Waals surface area (Å²) in [5.41, 5.74) is 1.04. The Hall–Kier alpha value is -1.19. The minimum absolute atomic E-state index is 0. The van der Waals surface area contributed by atoms with Crippen molar-refractivity contribution in [3.63, 3.8) is 0 Å². The Bertz CT molecular complexity index is 658. The predicted octanol–water partition coefficient (Wildman–Crippen LogP) is 0.222. The summed E-state index contributed by atoms with van der Waals surface area (Å²) in [6.45, 7) is 3.34. The highest BCUT2D eigenvalue weighted by atomic mass is 35.5. The number of halogens is 1. The second kappa shape index (κ2) is 9.49. The molecule has 1 N–H and O–H groups in total. The van der Waals surface area contributed by atoms with Crippen LogP contribution in [0.15, 0.2) is 29.2 Å². The molecule has 0 spiro atoms. The molecule has 1 aliphatic rings. The van der Waals surface area contributed by atoms with Gasteiger partial charge >= 0.3 is 0 Å². The van der Waals surface area contributed by atoms with Crippen LogP contribution in [-0.2, 0) is 21.4 Å². The number of piperazine rings is 1. The van der Waals surface area contributed by atoms with E-state index in [0.29, 0.717) is 13.1 Å². The first-order chi connectivity index (χ1) is 11.3. The fourth-order valence-electron chi connectivity index (χ4n) is 2.60. The lowest BCUT2D eigenvalue weighted by Gasteiger charge is -2.29. The van der Waals surface area contributed by atoms with Gasteiger partial charge in [-0.15, -0.1) is 12.4 Å². The van der Waals surface area contributed by atoms with E-state index in [-0.39, 0.29) is 29.8 Å². The molecular formula is C16H27ClN4O3S. The Kier molecular flexibility index (Phi) is 8.30. The average Bonchev–Trinajstić information content (AvgIpc) is 2.55. The third-order valence-corrected chi connectivity index (χ3v) is 5.78. The maximum Gasteiger partial charge on any atom is 0.243 e. The van der Waals surface area contributed by atoms with Gasteiger partial charge in [-0.05, 0) is 31.8 Å². The molecule has 1 heterocycles. The zero-order valence-corrected chi connectivity index (χ0v) is 16.6. The number of sulfonamides is 1. The molecule has 2 rings (SSSR count). The maximum absolute atomic E-state index is 12.6. The molecule has 1 aromatic rings. The topological polar surface area (TPSA) is 73.0 Å². The lowest BCUT2D eigenvalue weighted by molar-refractivity contribution is -0.131. The first-order valence-electron chi connectivity index (χ1n) is 7.99. The van der Waals surface area contributed by atoms with Gasteiger partial charge in [-0.25, -0.2) is 8.42 Å². The summed E-state index contributed by atoms with van der Waals surface area (Å²) in [5, 5.41) is 3.17. The molecular weight excluding hydrogens is 364 g/mol. The molecule has 0 aromatic heterocycles. The molecule has 7 nitrogen and oxygen atoms in total. The van der Waals surface area contributed by atoms with Gasteiger partial charge in [0.05, 0.1) is 11.4 Å². The molecule has 1 aliphatic heterocycles. The van der Waals surface area contributed by atoms with Crippen molar-refractivity contribution in [1.29, 1.82) is 0 Å². The Morgan fingerprint density at radius 1 is 1.12 bits per heavy atom. The number of amides is 1. The van der Waals surface area contributed by atoms with Gasteiger partial charge in [0.2, 0.25) is 15.9 Å². The van der Waals surface area contributed by atoms with Crippen LogP contribution in [0, 0.1) is 0 Å². The maximum atomic E-state index is 12.6. The van der Waals surface area contributed by atoms with Crippen molar-refractivity contribution in [2.45, 2.75) is 11.4 Å². The quantitative estimate of drug-likeness (QED) is 0.752. The summed E-state index contributed by atoms with van der Waals surface area (Å²) < 4.78 is 26.4. The molecule has 1 aromatic carbocycles. The number of nitrogens with one attached hydrogen (secondary N) is 1. The van der Waals surface area contributed by atoms with Crippen LogP contribution < -0.4 is 5.32 Å². The number of rotatable bonds is 6. The fourth-order valence-corrected chi connectivity index (χ4v) is 3.72. The Labute approximate surface area is 156 Å². The van der Waals surface area contributed by atoms with E-state index in [0.717, 1.165) is 29.5 Å². The Balaban J connectivity index is 0.00000312. The number of carbonyl (C=O) groups excluding carboxylic acids is 1. The molecule has 1 saturated heterocycles. The van der Waals surface area contributed by atoms with E-state index in [4.69, 9.17) is 0 Å². The molecule has 1 amide bonds. The number of carbonyl (C=O) groups is 1. The second-order valence-electron chi connectivity index (χ2n) is 6.27. The fraction of sp³-hybridized carbons (Fsp3) is 0.562. The van der Waals surface area contributed by atoms with Gasteiger partial charge < -0.3 is 15.1 Å². The van der Waals surface area contributed by atoms with Crippen LogP contribution in [0.3, 0.4) is 0 Å². The van der Waals surface area contributed by atoms with Crippen LogP contribution in [0.5, 0.6) is 0 Å². The van der Waals surface area contributed by atoms with E-state index in [2.05, 4.69) is 5.32 Å². The molecule has 1 fully saturated rings. The normalized spacial score (nSPS) is 15.3. The van der Waals surface area contributed by atoms with Crippen molar-refractivity contribution in [3.8, 4) is 0 Å². The second-order valence-corrected chi connectivity index (χ2v) is 8.32. The number of likely N-dealkylation sites (N-methyl/N-ethyl adjacent to an activating group) is 1. The van der Waals surface area contributed by atoms with Crippen LogP contribution in [0.25, 0.3) is 0 Å². The molecule has 142 valence electrons. The third-order valence-electron chi connectivity index (χ3n) is 3.96. The van der Waals surface area contributed by atoms with Crippen LogP contribution in [0.2, 0.25) is 0 Å². The molecule has 0 bridgehead atoms. The van der Waals surface area contributed by atoms with Gasteiger partial charge in [-0.3, -0.25) is 4.79 Å². The lowest BCUT2D eigenvalue weighted by atomic mass is 10.2. The van der Waals surface area contributed by atoms with Gasteiger partial charge in [-0.2, -0.15) is 4.31 Å². The van der Waals surface area contributed by atoms with Gasteiger partial charge in [0, 0.05) is 39.8 Å². The summed E-state index contributed by atoms with van der Waals surface area (Å²) >= 11 is 0. The van der Waals surface area contributed by atoms with Crippen molar-refractivity contribution in [3.05, 3.63) is 29.8 Å². The molecule has 0 aliphatic carbocycles. The monoisotopic (exact) mass is 390 g/mol. The molecule has 0 saturated carbocycles. The minimum Gasteiger partial charge on any atom is -0.339 e. The van der Waals surface area contributed by atoms with Crippen LogP contribution in [0.4, 0.5) is 0 Å². The predicted molar refractivity (Wildman–Crippen MR) is 100 cm³/mol. The highest BCUT2D eigenvalue weighted by Gasteiger charge is 2.25. The SMILES string of the molecule is CN(C)Cc1ccc(S(=O)(=O)N(C)CC(=O)N2CCNCC2)cc1.Cl. The van der Waals surface area contributed by atoms with Crippen molar-refractivity contribution < 1.29 is 13.2 Å². The van der Waals surface area contributed by atoms with Crippen molar-refractivity contribution in [2.24, 2.45) is 0 Å². The van der Waals surface area contributed by atoms with Crippen LogP contribution >= 0.6 is 12.4 Å². The van der Waals surface area contributed by atoms with E-state index < -0.39 is 10.0 Å². The standard InChI is InChI=1S/C16H26N4O3S.ClH/c1-18(2)12-14-4-6-15(7-5-14)24(22,23)19(3)13-16(21)20-10-8-17-9-11-20;/h4-7,17H,8-13H2,1-3H3;1H. The van der Waals surface area contributed by atoms with Gasteiger partial charge in [0.25, 0.3) is 0 Å². The Morgan fingerprint density at radius 2 is 1.68 bits per heavy atom. The lowest BCUT2D eigenvalue weighted by Crippen LogP contribution is -2.49. The zero-order chi connectivity index (χ0) is 17.7. The summed E-state index contributed by atoms with van der Waals surface area (Å²) in [7, 11) is 1.70.